The summed E-state index contributed by atoms with van der Waals surface area (Å²) in [5, 5.41) is 0.604. The molecule has 1 fully saturated rings. The molecule has 2 heterocycles. The molecule has 1 aliphatic carbocycles. The summed E-state index contributed by atoms with van der Waals surface area (Å²) in [6, 6.07) is 20.6. The molecule has 4 aromatic carbocycles. The van der Waals surface area contributed by atoms with Crippen LogP contribution in [0.5, 0.6) is 5.75 Å². The Hall–Kier alpha value is -4.26. The van der Waals surface area contributed by atoms with Crippen LogP contribution in [0.2, 0.25) is 10.0 Å². The van der Waals surface area contributed by atoms with Crippen LogP contribution < -0.4 is 9.64 Å². The van der Waals surface area contributed by atoms with Crippen molar-refractivity contribution in [3.63, 3.8) is 0 Å². The van der Waals surface area contributed by atoms with Gasteiger partial charge < -0.3 is 9.64 Å². The Labute approximate surface area is 251 Å². The maximum atomic E-state index is 14.7. The van der Waals surface area contributed by atoms with E-state index < -0.39 is 29.2 Å². The first-order valence-corrected chi connectivity index (χ1v) is 14.1. The molecule has 4 aromatic rings. The van der Waals surface area contributed by atoms with E-state index in [4.69, 9.17) is 27.9 Å². The number of ketones is 3. The maximum Gasteiger partial charge on any atom is 0.186 e. The molecular weight excluding hydrogens is 576 g/mol. The Morgan fingerprint density at radius 3 is 2.33 bits per heavy atom. The smallest absolute Gasteiger partial charge is 0.186 e. The zero-order valence-electron chi connectivity index (χ0n) is 22.2. The van der Waals surface area contributed by atoms with E-state index in [1.165, 1.54) is 19.2 Å². The summed E-state index contributed by atoms with van der Waals surface area (Å²) in [5.41, 5.74) is 0.706. The molecule has 8 heteroatoms. The van der Waals surface area contributed by atoms with Gasteiger partial charge in [0.1, 0.15) is 23.0 Å². The van der Waals surface area contributed by atoms with Gasteiger partial charge in [-0.1, -0.05) is 77.8 Å². The first-order valence-electron chi connectivity index (χ1n) is 13.3. The van der Waals surface area contributed by atoms with Crippen molar-refractivity contribution in [2.75, 3.05) is 12.0 Å². The molecule has 3 atom stereocenters. The van der Waals surface area contributed by atoms with Crippen molar-refractivity contribution in [2.24, 2.45) is 5.41 Å². The van der Waals surface area contributed by atoms with Crippen LogP contribution in [-0.4, -0.2) is 36.5 Å². The van der Waals surface area contributed by atoms with Gasteiger partial charge in [-0.25, -0.2) is 4.39 Å². The number of ether oxygens (including phenoxy) is 1. The highest BCUT2D eigenvalue weighted by atomic mass is 35.5. The van der Waals surface area contributed by atoms with Gasteiger partial charge in [0, 0.05) is 43.9 Å². The van der Waals surface area contributed by atoms with Crippen LogP contribution in [0.25, 0.3) is 6.08 Å². The van der Waals surface area contributed by atoms with E-state index in [2.05, 4.69) is 0 Å². The molecular formula is C34H22Cl2FNO4. The summed E-state index contributed by atoms with van der Waals surface area (Å²) in [7, 11) is 1.51. The molecule has 0 aromatic heterocycles. The third kappa shape index (κ3) is 3.58. The van der Waals surface area contributed by atoms with Gasteiger partial charge in [0.2, 0.25) is 0 Å². The Bertz CT molecular complexity index is 1830. The number of benzene rings is 4. The van der Waals surface area contributed by atoms with Crippen LogP contribution in [0.3, 0.4) is 0 Å². The van der Waals surface area contributed by atoms with E-state index in [9.17, 15) is 18.8 Å². The quantitative estimate of drug-likeness (QED) is 0.180. The molecule has 42 heavy (non-hydrogen) atoms. The monoisotopic (exact) mass is 597 g/mol. The summed E-state index contributed by atoms with van der Waals surface area (Å²) < 4.78 is 19.8. The van der Waals surface area contributed by atoms with Crippen molar-refractivity contribution >= 4 is 52.3 Å². The second kappa shape index (κ2) is 9.65. The van der Waals surface area contributed by atoms with Crippen LogP contribution in [-0.2, 0) is 0 Å². The predicted octanol–water partition coefficient (Wildman–Crippen LogP) is 7.46. The molecule has 2 aliphatic heterocycles. The van der Waals surface area contributed by atoms with Gasteiger partial charge in [-0.15, -0.1) is 0 Å². The SMILES string of the molecule is COc1cccc(C(=O)[C@H]2[C@H](c3ccc(Cl)cc3Cl)C3(C(=O)c4ccccc4C3=O)[C@@H]3C=Cc4cc(F)ccc4N32)c1. The zero-order valence-corrected chi connectivity index (χ0v) is 23.7. The minimum Gasteiger partial charge on any atom is -0.497 e. The Balaban J connectivity index is 1.56. The summed E-state index contributed by atoms with van der Waals surface area (Å²) >= 11 is 13.1. The molecule has 0 unspecified atom stereocenters. The number of hydrogen-bond acceptors (Lipinski definition) is 5. The normalized spacial score (nSPS) is 21.3. The highest BCUT2D eigenvalue weighted by Gasteiger charge is 2.71. The number of hydrogen-bond donors (Lipinski definition) is 0. The van der Waals surface area contributed by atoms with Crippen molar-refractivity contribution in [3.8, 4) is 5.75 Å². The van der Waals surface area contributed by atoms with E-state index in [0.717, 1.165) is 0 Å². The molecule has 208 valence electrons. The second-order valence-electron chi connectivity index (χ2n) is 10.7. The molecule has 1 spiro atoms. The van der Waals surface area contributed by atoms with Crippen molar-refractivity contribution in [2.45, 2.75) is 18.0 Å². The fraction of sp³-hybridized carbons (Fsp3) is 0.147. The highest BCUT2D eigenvalue weighted by molar-refractivity contribution is 6.36. The summed E-state index contributed by atoms with van der Waals surface area (Å²) in [4.78, 5) is 45.9. The maximum absolute atomic E-state index is 14.7. The van der Waals surface area contributed by atoms with Crippen LogP contribution in [0.1, 0.15) is 48.1 Å². The highest BCUT2D eigenvalue weighted by Crippen LogP contribution is 2.61. The molecule has 0 amide bonds. The second-order valence-corrected chi connectivity index (χ2v) is 11.5. The molecule has 0 saturated carbocycles. The number of methoxy groups -OCH3 is 1. The average molecular weight is 598 g/mol. The molecule has 1 saturated heterocycles. The number of nitrogens with zero attached hydrogens (tertiary/aromatic N) is 1. The first kappa shape index (κ1) is 26.6. The third-order valence-electron chi connectivity index (χ3n) is 8.69. The van der Waals surface area contributed by atoms with Crippen molar-refractivity contribution in [3.05, 3.63) is 135 Å². The zero-order chi connectivity index (χ0) is 29.3. The number of carbonyl (C=O) groups excluding carboxylic acids is 3. The Morgan fingerprint density at radius 1 is 0.905 bits per heavy atom. The van der Waals surface area contributed by atoms with Crippen LogP contribution in [0.4, 0.5) is 10.1 Å². The van der Waals surface area contributed by atoms with Crippen molar-refractivity contribution in [1.29, 1.82) is 0 Å². The van der Waals surface area contributed by atoms with Gasteiger partial charge in [-0.3, -0.25) is 14.4 Å². The predicted molar refractivity (Wildman–Crippen MR) is 160 cm³/mol. The molecule has 0 N–H and O–H groups in total. The number of carbonyl (C=O) groups is 3. The molecule has 7 rings (SSSR count). The van der Waals surface area contributed by atoms with Gasteiger partial charge in [0.05, 0.1) is 13.2 Å². The van der Waals surface area contributed by atoms with Gasteiger partial charge in [-0.05, 0) is 48.0 Å². The lowest BCUT2D eigenvalue weighted by Gasteiger charge is -2.37. The molecule has 0 bridgehead atoms. The molecule has 5 nitrogen and oxygen atoms in total. The minimum absolute atomic E-state index is 0.232. The van der Waals surface area contributed by atoms with Gasteiger partial charge in [-0.2, -0.15) is 0 Å². The van der Waals surface area contributed by atoms with E-state index in [1.54, 1.807) is 89.8 Å². The van der Waals surface area contributed by atoms with E-state index >= 15 is 0 Å². The summed E-state index contributed by atoms with van der Waals surface area (Å²) in [6.07, 6.45) is 3.45. The minimum atomic E-state index is -1.73. The number of fused-ring (bicyclic) bond motifs is 5. The van der Waals surface area contributed by atoms with E-state index in [-0.39, 0.29) is 22.4 Å². The Kier molecular flexibility index (Phi) is 6.12. The lowest BCUT2D eigenvalue weighted by molar-refractivity contribution is 0.0666. The lowest BCUT2D eigenvalue weighted by atomic mass is 9.64. The molecule has 3 aliphatic rings. The largest absolute Gasteiger partial charge is 0.497 e. The lowest BCUT2D eigenvalue weighted by Crippen LogP contribution is -2.48. The number of Topliss-reactive ketones (excluding diaryl/α,β-unsaturated/α-hetero) is 3. The van der Waals surface area contributed by atoms with E-state index in [0.29, 0.717) is 44.3 Å². The summed E-state index contributed by atoms with van der Waals surface area (Å²) in [5.74, 6) is -2.09. The fourth-order valence-corrected chi connectivity index (χ4v) is 7.52. The molecule has 0 radical (unpaired) electrons. The average Bonchev–Trinajstić information content (AvgIpc) is 3.42. The summed E-state index contributed by atoms with van der Waals surface area (Å²) in [6.45, 7) is 0. The number of halogens is 3. The van der Waals surface area contributed by atoms with Crippen LogP contribution in [0, 0.1) is 11.2 Å². The van der Waals surface area contributed by atoms with E-state index in [1.807, 2.05) is 0 Å². The van der Waals surface area contributed by atoms with Crippen LogP contribution in [0.15, 0.2) is 91.0 Å². The van der Waals surface area contributed by atoms with Gasteiger partial charge in [0.25, 0.3) is 0 Å². The van der Waals surface area contributed by atoms with Crippen molar-refractivity contribution in [1.82, 2.24) is 0 Å². The number of anilines is 1. The first-order chi connectivity index (χ1) is 20.3. The van der Waals surface area contributed by atoms with Gasteiger partial charge >= 0.3 is 0 Å². The third-order valence-corrected chi connectivity index (χ3v) is 9.25. The van der Waals surface area contributed by atoms with Crippen LogP contribution >= 0.6 is 23.2 Å². The number of rotatable bonds is 4. The fourth-order valence-electron chi connectivity index (χ4n) is 6.99. The standard InChI is InChI=1S/C34H22Cl2FNO4/c1-42-22-6-4-5-19(16-22)31(39)30-29(25-12-10-20(35)17-26(25)36)34(32(40)23-7-2-3-8-24(23)33(34)41)28-14-9-18-15-21(37)11-13-27(18)38(28)30/h2-17,28-30H,1H3/t28-,29-,30+/m0/s1. The topological polar surface area (TPSA) is 63.7 Å². The Morgan fingerprint density at radius 2 is 1.64 bits per heavy atom. The van der Waals surface area contributed by atoms with Crippen molar-refractivity contribution < 1.29 is 23.5 Å². The van der Waals surface area contributed by atoms with Gasteiger partial charge in [0.15, 0.2) is 17.3 Å².